The highest BCUT2D eigenvalue weighted by molar-refractivity contribution is 5.29. The van der Waals surface area contributed by atoms with Crippen LogP contribution in [0.25, 0.3) is 0 Å². The second-order valence-electron chi connectivity index (χ2n) is 9.82. The Morgan fingerprint density at radius 3 is 2.52 bits per heavy atom. The van der Waals surface area contributed by atoms with Crippen LogP contribution in [-0.2, 0) is 9.47 Å². The van der Waals surface area contributed by atoms with Gasteiger partial charge in [0, 0.05) is 17.9 Å². The molecule has 0 aromatic rings. The fourth-order valence-electron chi connectivity index (χ4n) is 7.60. The van der Waals surface area contributed by atoms with Gasteiger partial charge in [-0.05, 0) is 61.7 Å². The lowest BCUT2D eigenvalue weighted by molar-refractivity contribution is -0.242. The predicted octanol–water partition coefficient (Wildman–Crippen LogP) is 2.99. The molecule has 5 rings (SSSR count). The van der Waals surface area contributed by atoms with E-state index in [1.54, 1.807) is 0 Å². The number of aliphatic hydroxyl groups is 1. The Kier molecular flexibility index (Phi) is 3.55. The van der Waals surface area contributed by atoms with Gasteiger partial charge >= 0.3 is 0 Å². The molecule has 1 saturated heterocycles. The van der Waals surface area contributed by atoms with Crippen molar-refractivity contribution in [3.8, 4) is 0 Å². The average molecular weight is 347 g/mol. The maximum absolute atomic E-state index is 10.2. The van der Waals surface area contributed by atoms with Gasteiger partial charge in [0.25, 0.3) is 0 Å². The molecule has 0 aromatic heterocycles. The number of fused-ring (bicyclic) bond motifs is 6. The van der Waals surface area contributed by atoms with E-state index in [1.165, 1.54) is 24.8 Å². The molecule has 25 heavy (non-hydrogen) atoms. The summed E-state index contributed by atoms with van der Waals surface area (Å²) in [5.41, 5.74) is 8.52. The summed E-state index contributed by atoms with van der Waals surface area (Å²) < 4.78 is 12.4. The molecule has 1 spiro atoms. The van der Waals surface area contributed by atoms with Crippen molar-refractivity contribution in [3.63, 3.8) is 0 Å². The Balaban J connectivity index is 1.53. The second-order valence-corrected chi connectivity index (χ2v) is 9.82. The summed E-state index contributed by atoms with van der Waals surface area (Å²) in [6.45, 7) is 6.33. The highest BCUT2D eigenvalue weighted by Gasteiger charge is 2.67. The molecule has 0 bridgehead atoms. The van der Waals surface area contributed by atoms with Crippen LogP contribution in [0.3, 0.4) is 0 Å². The quantitative estimate of drug-likeness (QED) is 0.661. The minimum Gasteiger partial charge on any atom is -0.393 e. The first-order chi connectivity index (χ1) is 11.9. The number of aliphatic hydroxyl groups excluding tert-OH is 1. The topological polar surface area (TPSA) is 64.7 Å². The number of hydrogen-bond acceptors (Lipinski definition) is 4. The Bertz CT molecular complexity index is 598. The molecule has 7 atom stereocenters. The van der Waals surface area contributed by atoms with Gasteiger partial charge < -0.3 is 20.3 Å². The van der Waals surface area contributed by atoms with Gasteiger partial charge in [-0.15, -0.1) is 0 Å². The summed E-state index contributed by atoms with van der Waals surface area (Å²) in [7, 11) is 0. The third-order valence-electron chi connectivity index (χ3n) is 8.97. The molecule has 0 radical (unpaired) electrons. The third kappa shape index (κ3) is 2.03. The first-order valence-electron chi connectivity index (χ1n) is 10.3. The number of ether oxygens (including phenoxy) is 2. The molecule has 4 fully saturated rings. The van der Waals surface area contributed by atoms with E-state index in [4.69, 9.17) is 15.2 Å². The van der Waals surface area contributed by atoms with Crippen molar-refractivity contribution >= 4 is 0 Å². The molecule has 3 N–H and O–H groups in total. The van der Waals surface area contributed by atoms with Crippen LogP contribution in [0.2, 0.25) is 0 Å². The average Bonchev–Trinajstić information content (AvgIpc) is 3.17. The van der Waals surface area contributed by atoms with Crippen LogP contribution in [0, 0.1) is 28.6 Å². The molecule has 0 aromatic carbocycles. The first-order valence-corrected chi connectivity index (χ1v) is 10.3. The van der Waals surface area contributed by atoms with Crippen LogP contribution in [0.5, 0.6) is 0 Å². The van der Waals surface area contributed by atoms with E-state index in [9.17, 15) is 5.11 Å². The molecule has 0 amide bonds. The van der Waals surface area contributed by atoms with E-state index in [1.807, 2.05) is 0 Å². The summed E-state index contributed by atoms with van der Waals surface area (Å²) in [4.78, 5) is 0. The summed E-state index contributed by atoms with van der Waals surface area (Å²) >= 11 is 0. The molecule has 3 unspecified atom stereocenters. The zero-order chi connectivity index (χ0) is 17.4. The summed E-state index contributed by atoms with van der Waals surface area (Å²) in [6.07, 6.45) is 9.61. The van der Waals surface area contributed by atoms with Crippen molar-refractivity contribution < 1.29 is 14.6 Å². The molecule has 5 aliphatic rings. The van der Waals surface area contributed by atoms with Gasteiger partial charge in [0.1, 0.15) is 0 Å². The molecule has 1 heterocycles. The zero-order valence-corrected chi connectivity index (χ0v) is 15.7. The summed E-state index contributed by atoms with van der Waals surface area (Å²) in [6, 6.07) is 0.111. The molecule has 4 heteroatoms. The molecule has 4 aliphatic carbocycles. The lowest BCUT2D eigenvalue weighted by atomic mass is 9.46. The Morgan fingerprint density at radius 2 is 1.76 bits per heavy atom. The van der Waals surface area contributed by atoms with Crippen molar-refractivity contribution in [1.29, 1.82) is 0 Å². The Morgan fingerprint density at radius 1 is 1.04 bits per heavy atom. The van der Waals surface area contributed by atoms with Crippen LogP contribution in [0.15, 0.2) is 11.6 Å². The lowest BCUT2D eigenvalue weighted by Crippen LogP contribution is -2.59. The van der Waals surface area contributed by atoms with E-state index >= 15 is 0 Å². The lowest BCUT2D eigenvalue weighted by Gasteiger charge is -2.60. The van der Waals surface area contributed by atoms with Crippen LogP contribution in [0.4, 0.5) is 0 Å². The van der Waals surface area contributed by atoms with Crippen molar-refractivity contribution in [2.45, 2.75) is 76.7 Å². The normalized spacial score (nSPS) is 53.9. The maximum atomic E-state index is 10.2. The van der Waals surface area contributed by atoms with Gasteiger partial charge in [0.15, 0.2) is 5.79 Å². The SMILES string of the molecule is C[C@]12CC[C@H](O)CC1=C[C@H](N)C1C2CC[C@@]2(C)C1CCC21OCCO1. The highest BCUT2D eigenvalue weighted by Crippen LogP contribution is 2.68. The number of nitrogens with two attached hydrogens (primary N) is 1. The smallest absolute Gasteiger partial charge is 0.174 e. The molecule has 4 nitrogen and oxygen atoms in total. The van der Waals surface area contributed by atoms with Gasteiger partial charge in [0.2, 0.25) is 0 Å². The first kappa shape index (κ1) is 16.7. The minimum absolute atomic E-state index is 0.0954. The van der Waals surface area contributed by atoms with Crippen molar-refractivity contribution in [2.75, 3.05) is 13.2 Å². The van der Waals surface area contributed by atoms with Crippen LogP contribution < -0.4 is 5.73 Å². The van der Waals surface area contributed by atoms with Crippen LogP contribution in [0.1, 0.15) is 58.8 Å². The van der Waals surface area contributed by atoms with E-state index in [0.717, 1.165) is 38.9 Å². The van der Waals surface area contributed by atoms with Gasteiger partial charge in [-0.2, -0.15) is 0 Å². The predicted molar refractivity (Wildman–Crippen MR) is 95.7 cm³/mol. The van der Waals surface area contributed by atoms with Gasteiger partial charge in [0.05, 0.1) is 19.3 Å². The largest absolute Gasteiger partial charge is 0.393 e. The van der Waals surface area contributed by atoms with Gasteiger partial charge in [-0.3, -0.25) is 0 Å². The fourth-order valence-corrected chi connectivity index (χ4v) is 7.60. The molecule has 140 valence electrons. The highest BCUT2D eigenvalue weighted by atomic mass is 16.7. The minimum atomic E-state index is -0.351. The van der Waals surface area contributed by atoms with Crippen molar-refractivity contribution in [3.05, 3.63) is 11.6 Å². The fraction of sp³-hybridized carbons (Fsp3) is 0.905. The van der Waals surface area contributed by atoms with Crippen molar-refractivity contribution in [1.82, 2.24) is 0 Å². The van der Waals surface area contributed by atoms with Crippen LogP contribution in [-0.4, -0.2) is 36.3 Å². The van der Waals surface area contributed by atoms with E-state index in [0.29, 0.717) is 17.8 Å². The van der Waals surface area contributed by atoms with Crippen molar-refractivity contribution in [2.24, 2.45) is 34.3 Å². The van der Waals surface area contributed by atoms with Gasteiger partial charge in [-0.25, -0.2) is 0 Å². The second kappa shape index (κ2) is 5.31. The monoisotopic (exact) mass is 347 g/mol. The van der Waals surface area contributed by atoms with E-state index < -0.39 is 0 Å². The number of rotatable bonds is 0. The summed E-state index contributed by atoms with van der Waals surface area (Å²) in [5, 5.41) is 10.2. The molecular formula is C21H33NO3. The molecule has 1 aliphatic heterocycles. The van der Waals surface area contributed by atoms with E-state index in [2.05, 4.69) is 19.9 Å². The standard InChI is InChI=1S/C21H33NO3/c1-19-6-3-14(23)11-13(19)12-17(22)18-15(19)4-7-20(2)16(18)5-8-21(20)24-9-10-25-21/h12,14-18,23H,3-11,22H2,1-2H3/t14-,15?,16?,17-,18?,19-,20-/m0/s1. The van der Waals surface area contributed by atoms with Crippen LogP contribution >= 0.6 is 0 Å². The van der Waals surface area contributed by atoms with Gasteiger partial charge in [-0.1, -0.05) is 25.5 Å². The molecule has 3 saturated carbocycles. The van der Waals surface area contributed by atoms with E-state index in [-0.39, 0.29) is 28.8 Å². The molecular weight excluding hydrogens is 314 g/mol. The maximum Gasteiger partial charge on any atom is 0.174 e. The number of hydrogen-bond donors (Lipinski definition) is 2. The Labute approximate surface area is 151 Å². The third-order valence-corrected chi connectivity index (χ3v) is 8.97. The summed E-state index contributed by atoms with van der Waals surface area (Å²) in [5.74, 6) is 1.40. The zero-order valence-electron chi connectivity index (χ0n) is 15.7. The Hall–Kier alpha value is -0.420.